The third-order valence-electron chi connectivity index (χ3n) is 8.11. The first-order chi connectivity index (χ1) is 16.3. The van der Waals surface area contributed by atoms with Crippen molar-refractivity contribution < 1.29 is 4.79 Å². The molecule has 5 rings (SSSR count). The Kier molecular flexibility index (Phi) is 6.75. The minimum absolute atomic E-state index is 0.261. The predicted octanol–water partition coefficient (Wildman–Crippen LogP) is 7.52. The second-order valence-electron chi connectivity index (χ2n) is 10.0. The molecule has 0 aliphatic heterocycles. The number of carbonyl (C=O) groups is 1. The minimum atomic E-state index is 0.261. The van der Waals surface area contributed by atoms with Crippen molar-refractivity contribution in [2.45, 2.75) is 70.8 Å². The normalized spacial score (nSPS) is 25.6. The molecule has 3 nitrogen and oxygen atoms in total. The smallest absolute Gasteiger partial charge is 0.123 e. The van der Waals surface area contributed by atoms with E-state index in [0.717, 1.165) is 25.1 Å². The number of imidazole rings is 1. The third kappa shape index (κ3) is 4.43. The van der Waals surface area contributed by atoms with E-state index in [1.54, 1.807) is 0 Å². The molecular weight excluding hydrogens is 404 g/mol. The summed E-state index contributed by atoms with van der Waals surface area (Å²) in [7, 11) is 0. The highest BCUT2D eigenvalue weighted by atomic mass is 16.1. The number of nitrogens with zero attached hydrogens (tertiary/aromatic N) is 2. The Morgan fingerprint density at radius 3 is 2.27 bits per heavy atom. The van der Waals surface area contributed by atoms with Crippen molar-refractivity contribution in [3.05, 3.63) is 66.5 Å². The summed E-state index contributed by atoms with van der Waals surface area (Å²) in [6, 6.07) is 21.4. The van der Waals surface area contributed by atoms with Gasteiger partial charge in [0.25, 0.3) is 0 Å². The van der Waals surface area contributed by atoms with Crippen molar-refractivity contribution in [2.24, 2.45) is 17.8 Å². The van der Waals surface area contributed by atoms with Crippen molar-refractivity contribution >= 4 is 6.29 Å². The Hall–Kier alpha value is -2.68. The molecule has 2 aliphatic rings. The predicted molar refractivity (Wildman–Crippen MR) is 135 cm³/mol. The Morgan fingerprint density at radius 2 is 1.58 bits per heavy atom. The van der Waals surface area contributed by atoms with Gasteiger partial charge in [0.15, 0.2) is 0 Å². The molecule has 0 spiro atoms. The fourth-order valence-electron chi connectivity index (χ4n) is 6.58. The molecule has 2 saturated carbocycles. The van der Waals surface area contributed by atoms with Gasteiger partial charge in [0.2, 0.25) is 0 Å². The van der Waals surface area contributed by atoms with Crippen LogP contribution >= 0.6 is 0 Å². The maximum Gasteiger partial charge on any atom is 0.123 e. The number of aromatic nitrogens is 2. The van der Waals surface area contributed by atoms with Crippen LogP contribution in [0.1, 0.15) is 70.0 Å². The molecule has 2 aromatic carbocycles. The van der Waals surface area contributed by atoms with Gasteiger partial charge in [0, 0.05) is 29.5 Å². The largest absolute Gasteiger partial charge is 0.328 e. The summed E-state index contributed by atoms with van der Waals surface area (Å²) < 4.78 is 2.50. The molecule has 2 fully saturated rings. The first kappa shape index (κ1) is 22.1. The van der Waals surface area contributed by atoms with Gasteiger partial charge in [-0.05, 0) is 44.4 Å². The first-order valence-electron chi connectivity index (χ1n) is 13.0. The molecular formula is C30H36N2O. The van der Waals surface area contributed by atoms with Crippen molar-refractivity contribution in [1.29, 1.82) is 0 Å². The summed E-state index contributed by atoms with van der Waals surface area (Å²) in [6.45, 7) is 3.18. The summed E-state index contributed by atoms with van der Waals surface area (Å²) in [5.41, 5.74) is 4.79. The number of rotatable bonds is 6. The van der Waals surface area contributed by atoms with Crippen molar-refractivity contribution in [1.82, 2.24) is 9.55 Å². The quantitative estimate of drug-likeness (QED) is 0.372. The lowest BCUT2D eigenvalue weighted by molar-refractivity contribution is -0.112. The van der Waals surface area contributed by atoms with Crippen LogP contribution in [0, 0.1) is 17.8 Å². The van der Waals surface area contributed by atoms with Gasteiger partial charge in [-0.1, -0.05) is 86.3 Å². The standard InChI is InChI=1S/C30H36N2O/c1-2-32-29(24-15-7-4-8-16-24)28(23-13-5-3-6-14-23)31-30(32)27-19-10-9-18-26(27)25-17-11-12-22(20-25)21-33/h3-8,13-16,21-22,25-27H,2,9-12,17-20H2,1H3. The molecule has 4 unspecified atom stereocenters. The highest BCUT2D eigenvalue weighted by Crippen LogP contribution is 2.48. The molecule has 1 aromatic heterocycles. The summed E-state index contributed by atoms with van der Waals surface area (Å²) in [5, 5.41) is 0. The Bertz CT molecular complexity index is 1060. The van der Waals surface area contributed by atoms with Gasteiger partial charge < -0.3 is 9.36 Å². The molecule has 4 atom stereocenters. The maximum absolute atomic E-state index is 11.6. The fraction of sp³-hybridized carbons (Fsp3) is 0.467. The maximum atomic E-state index is 11.6. The average Bonchev–Trinajstić information content (AvgIpc) is 3.29. The molecule has 0 saturated heterocycles. The summed E-state index contributed by atoms with van der Waals surface area (Å²) >= 11 is 0. The zero-order chi connectivity index (χ0) is 22.6. The van der Waals surface area contributed by atoms with Crippen LogP contribution < -0.4 is 0 Å². The van der Waals surface area contributed by atoms with E-state index >= 15 is 0 Å². The second kappa shape index (κ2) is 10.1. The highest BCUT2D eigenvalue weighted by Gasteiger charge is 2.38. The van der Waals surface area contributed by atoms with E-state index in [1.807, 2.05) is 0 Å². The lowest BCUT2D eigenvalue weighted by atomic mass is 9.66. The number of aldehydes is 1. The number of hydrogen-bond acceptors (Lipinski definition) is 2. The fourth-order valence-corrected chi connectivity index (χ4v) is 6.58. The summed E-state index contributed by atoms with van der Waals surface area (Å²) in [6.07, 6.45) is 10.9. The van der Waals surface area contributed by atoms with Crippen molar-refractivity contribution in [3.63, 3.8) is 0 Å². The van der Waals surface area contributed by atoms with E-state index in [2.05, 4.69) is 72.2 Å². The van der Waals surface area contributed by atoms with Gasteiger partial charge >= 0.3 is 0 Å². The van der Waals surface area contributed by atoms with Crippen LogP contribution in [0.5, 0.6) is 0 Å². The molecule has 0 amide bonds. The molecule has 33 heavy (non-hydrogen) atoms. The lowest BCUT2D eigenvalue weighted by Crippen LogP contribution is -2.31. The monoisotopic (exact) mass is 440 g/mol. The van der Waals surface area contributed by atoms with Crippen LogP contribution in [-0.4, -0.2) is 15.8 Å². The minimum Gasteiger partial charge on any atom is -0.328 e. The molecule has 2 aliphatic carbocycles. The molecule has 3 aromatic rings. The van der Waals surface area contributed by atoms with Crippen molar-refractivity contribution in [3.8, 4) is 22.5 Å². The molecule has 0 bridgehead atoms. The number of hydrogen-bond donors (Lipinski definition) is 0. The van der Waals surface area contributed by atoms with Gasteiger partial charge in [-0.3, -0.25) is 0 Å². The van der Waals surface area contributed by atoms with Crippen LogP contribution in [0.4, 0.5) is 0 Å². The van der Waals surface area contributed by atoms with E-state index < -0.39 is 0 Å². The van der Waals surface area contributed by atoms with E-state index in [-0.39, 0.29) is 5.92 Å². The average molecular weight is 441 g/mol. The van der Waals surface area contributed by atoms with Gasteiger partial charge in [-0.2, -0.15) is 0 Å². The van der Waals surface area contributed by atoms with Crippen LogP contribution in [0.2, 0.25) is 0 Å². The first-order valence-corrected chi connectivity index (χ1v) is 13.0. The van der Waals surface area contributed by atoms with Crippen LogP contribution in [0.3, 0.4) is 0 Å². The number of benzene rings is 2. The van der Waals surface area contributed by atoms with Crippen LogP contribution in [0.25, 0.3) is 22.5 Å². The van der Waals surface area contributed by atoms with Gasteiger partial charge in [-0.15, -0.1) is 0 Å². The van der Waals surface area contributed by atoms with Crippen LogP contribution in [0.15, 0.2) is 60.7 Å². The van der Waals surface area contributed by atoms with E-state index in [1.165, 1.54) is 67.5 Å². The topological polar surface area (TPSA) is 34.9 Å². The van der Waals surface area contributed by atoms with Gasteiger partial charge in [-0.25, -0.2) is 4.98 Å². The SMILES string of the molecule is CCn1c(C2CCCCC2C2CCCC(C=O)C2)nc(-c2ccccc2)c1-c1ccccc1. The summed E-state index contributed by atoms with van der Waals surface area (Å²) in [5.74, 6) is 3.31. The van der Waals surface area contributed by atoms with E-state index in [9.17, 15) is 4.79 Å². The molecule has 0 radical (unpaired) electrons. The summed E-state index contributed by atoms with van der Waals surface area (Å²) in [4.78, 5) is 17.0. The molecule has 1 heterocycles. The van der Waals surface area contributed by atoms with E-state index in [0.29, 0.717) is 17.8 Å². The Balaban J connectivity index is 1.61. The zero-order valence-electron chi connectivity index (χ0n) is 19.8. The Morgan fingerprint density at radius 1 is 0.879 bits per heavy atom. The van der Waals surface area contributed by atoms with E-state index in [4.69, 9.17) is 4.98 Å². The van der Waals surface area contributed by atoms with Gasteiger partial charge in [0.05, 0.1) is 11.4 Å². The lowest BCUT2D eigenvalue weighted by Gasteiger charge is -2.40. The number of carbonyl (C=O) groups excluding carboxylic acids is 1. The third-order valence-corrected chi connectivity index (χ3v) is 8.11. The Labute approximate surface area is 198 Å². The molecule has 172 valence electrons. The second-order valence-corrected chi connectivity index (χ2v) is 10.0. The van der Waals surface area contributed by atoms with Crippen molar-refractivity contribution in [2.75, 3.05) is 0 Å². The zero-order valence-corrected chi connectivity index (χ0v) is 19.8. The molecule has 0 N–H and O–H groups in total. The van der Waals surface area contributed by atoms with Gasteiger partial charge in [0.1, 0.15) is 12.1 Å². The van der Waals surface area contributed by atoms with Crippen LogP contribution in [-0.2, 0) is 11.3 Å². The highest BCUT2D eigenvalue weighted by molar-refractivity contribution is 5.79. The molecule has 3 heteroatoms.